The molecule has 1 saturated heterocycles. The molecule has 5 unspecified atom stereocenters. The SMILES string of the molecule is CC.CCC(C)C(C(CC(=O)N1CCC[C@H]1C(OC)C(C)C=O)OC)N(C)C(=O)CC(C)C.CN. The second-order valence-corrected chi connectivity index (χ2v) is 9.45. The monoisotopic (exact) mass is 501 g/mol. The third-order valence-electron chi connectivity index (χ3n) is 6.71. The number of amides is 2. The van der Waals surface area contributed by atoms with Gasteiger partial charge < -0.3 is 29.8 Å². The van der Waals surface area contributed by atoms with Gasteiger partial charge in [-0.1, -0.05) is 54.9 Å². The lowest BCUT2D eigenvalue weighted by molar-refractivity contribution is -0.145. The maximum Gasteiger partial charge on any atom is 0.225 e. The van der Waals surface area contributed by atoms with Crippen LogP contribution < -0.4 is 5.73 Å². The topological polar surface area (TPSA) is 102 Å². The van der Waals surface area contributed by atoms with Gasteiger partial charge in [-0.3, -0.25) is 9.59 Å². The van der Waals surface area contributed by atoms with Gasteiger partial charge in [-0.05, 0) is 31.7 Å². The maximum absolute atomic E-state index is 13.3. The molecule has 35 heavy (non-hydrogen) atoms. The van der Waals surface area contributed by atoms with E-state index in [0.29, 0.717) is 13.0 Å². The summed E-state index contributed by atoms with van der Waals surface area (Å²) in [7, 11) is 6.53. The summed E-state index contributed by atoms with van der Waals surface area (Å²) < 4.78 is 11.4. The predicted molar refractivity (Wildman–Crippen MR) is 143 cm³/mol. The Kier molecular flexibility index (Phi) is 20.0. The van der Waals surface area contributed by atoms with Crippen molar-refractivity contribution in [2.45, 2.75) is 105 Å². The lowest BCUT2D eigenvalue weighted by atomic mass is 9.90. The highest BCUT2D eigenvalue weighted by Gasteiger charge is 2.40. The molecule has 2 amide bonds. The summed E-state index contributed by atoms with van der Waals surface area (Å²) >= 11 is 0. The molecular weight excluding hydrogens is 446 g/mol. The van der Waals surface area contributed by atoms with Crippen LogP contribution in [0, 0.1) is 17.8 Å². The first-order valence-electron chi connectivity index (χ1n) is 13.3. The molecule has 0 aromatic heterocycles. The van der Waals surface area contributed by atoms with Gasteiger partial charge in [-0.25, -0.2) is 0 Å². The average molecular weight is 502 g/mol. The van der Waals surface area contributed by atoms with Crippen molar-refractivity contribution in [2.24, 2.45) is 23.5 Å². The first kappa shape index (κ1) is 35.7. The molecular formula is C27H55N3O5. The molecule has 0 bridgehead atoms. The Bertz CT molecular complexity index is 587. The fourth-order valence-electron chi connectivity index (χ4n) is 4.77. The second-order valence-electron chi connectivity index (χ2n) is 9.45. The molecule has 8 nitrogen and oxygen atoms in total. The molecule has 0 saturated carbocycles. The number of aldehydes is 1. The first-order valence-corrected chi connectivity index (χ1v) is 13.3. The van der Waals surface area contributed by atoms with Crippen LogP contribution in [0.2, 0.25) is 0 Å². The number of hydrogen-bond acceptors (Lipinski definition) is 6. The minimum Gasteiger partial charge on any atom is -0.379 e. The summed E-state index contributed by atoms with van der Waals surface area (Å²) in [5.74, 6) is 0.247. The van der Waals surface area contributed by atoms with E-state index in [9.17, 15) is 14.4 Å². The Balaban J connectivity index is 0. The number of nitrogens with zero attached hydrogens (tertiary/aromatic N) is 2. The molecule has 2 N–H and O–H groups in total. The fourth-order valence-corrected chi connectivity index (χ4v) is 4.77. The predicted octanol–water partition coefficient (Wildman–Crippen LogP) is 3.75. The molecule has 208 valence electrons. The van der Waals surface area contributed by atoms with Crippen LogP contribution in [0.1, 0.15) is 80.6 Å². The number of hydrogen-bond donors (Lipinski definition) is 1. The summed E-state index contributed by atoms with van der Waals surface area (Å²) in [6.45, 7) is 14.7. The molecule has 1 heterocycles. The Morgan fingerprint density at radius 2 is 1.66 bits per heavy atom. The minimum absolute atomic E-state index is 0.00693. The van der Waals surface area contributed by atoms with Crippen molar-refractivity contribution >= 4 is 18.1 Å². The third-order valence-corrected chi connectivity index (χ3v) is 6.71. The smallest absolute Gasteiger partial charge is 0.225 e. The van der Waals surface area contributed by atoms with Crippen molar-refractivity contribution in [1.29, 1.82) is 0 Å². The molecule has 0 spiro atoms. The highest BCUT2D eigenvalue weighted by molar-refractivity contribution is 5.79. The highest BCUT2D eigenvalue weighted by atomic mass is 16.5. The number of likely N-dealkylation sites (N-methyl/N-ethyl adjacent to an activating group) is 1. The summed E-state index contributed by atoms with van der Waals surface area (Å²) in [4.78, 5) is 41.1. The molecule has 1 rings (SSSR count). The molecule has 1 aliphatic rings. The van der Waals surface area contributed by atoms with Gasteiger partial charge in [0.25, 0.3) is 0 Å². The van der Waals surface area contributed by atoms with E-state index in [1.165, 1.54) is 7.05 Å². The van der Waals surface area contributed by atoms with E-state index in [1.807, 2.05) is 46.6 Å². The summed E-state index contributed by atoms with van der Waals surface area (Å²) in [5.41, 5.74) is 4.50. The maximum atomic E-state index is 13.3. The number of carbonyl (C=O) groups excluding carboxylic acids is 3. The molecule has 8 heteroatoms. The van der Waals surface area contributed by atoms with Crippen LogP contribution in [0.4, 0.5) is 0 Å². The van der Waals surface area contributed by atoms with Crippen molar-refractivity contribution < 1.29 is 23.9 Å². The van der Waals surface area contributed by atoms with E-state index in [1.54, 1.807) is 19.1 Å². The zero-order valence-electron chi connectivity index (χ0n) is 24.4. The van der Waals surface area contributed by atoms with Crippen LogP contribution in [0.3, 0.4) is 0 Å². The number of ether oxygens (including phenoxy) is 2. The summed E-state index contributed by atoms with van der Waals surface area (Å²) in [6, 6.07) is -0.295. The van der Waals surface area contributed by atoms with Gasteiger partial charge in [-0.2, -0.15) is 0 Å². The van der Waals surface area contributed by atoms with E-state index >= 15 is 0 Å². The Morgan fingerprint density at radius 3 is 2.09 bits per heavy atom. The van der Waals surface area contributed by atoms with Crippen LogP contribution in [0.25, 0.3) is 0 Å². The van der Waals surface area contributed by atoms with Gasteiger partial charge >= 0.3 is 0 Å². The molecule has 0 aliphatic carbocycles. The summed E-state index contributed by atoms with van der Waals surface area (Å²) in [6.07, 6.45) is 3.45. The van der Waals surface area contributed by atoms with Gasteiger partial charge in [0.2, 0.25) is 11.8 Å². The van der Waals surface area contributed by atoms with Crippen LogP contribution in [0.15, 0.2) is 0 Å². The van der Waals surface area contributed by atoms with Crippen molar-refractivity contribution in [3.63, 3.8) is 0 Å². The van der Waals surface area contributed by atoms with Gasteiger partial charge in [0.15, 0.2) is 0 Å². The zero-order valence-corrected chi connectivity index (χ0v) is 24.4. The van der Waals surface area contributed by atoms with Crippen molar-refractivity contribution in [3.05, 3.63) is 0 Å². The van der Waals surface area contributed by atoms with Gasteiger partial charge in [-0.15, -0.1) is 0 Å². The molecule has 1 fully saturated rings. The van der Waals surface area contributed by atoms with E-state index in [0.717, 1.165) is 25.5 Å². The highest BCUT2D eigenvalue weighted by Crippen LogP contribution is 2.28. The Labute approximate surface area is 215 Å². The normalized spacial score (nSPS) is 19.3. The molecule has 0 aromatic rings. The molecule has 0 radical (unpaired) electrons. The van der Waals surface area contributed by atoms with Crippen LogP contribution >= 0.6 is 0 Å². The van der Waals surface area contributed by atoms with Crippen molar-refractivity contribution in [2.75, 3.05) is 34.9 Å². The average Bonchev–Trinajstić information content (AvgIpc) is 3.35. The standard InChI is InChI=1S/C24H44N2O5.C2H6.CH5N/c1-9-17(4)23(25(6)21(28)13-16(2)3)20(30-7)14-22(29)26-12-10-11-19(26)24(31-8)18(5)15-27;2*1-2/h15-20,23-24H,9-14H2,1-8H3;1-2H3;2H2,1H3/t17?,18?,19-,20?,23?,24?;;/m0../s1. The van der Waals surface area contributed by atoms with Crippen molar-refractivity contribution in [3.8, 4) is 0 Å². The van der Waals surface area contributed by atoms with Crippen LogP contribution in [-0.2, 0) is 23.9 Å². The fraction of sp³-hybridized carbons (Fsp3) is 0.889. The molecule has 1 aliphatic heterocycles. The number of likely N-dealkylation sites (tertiary alicyclic amines) is 1. The third kappa shape index (κ3) is 11.0. The van der Waals surface area contributed by atoms with Gasteiger partial charge in [0.1, 0.15) is 6.29 Å². The second kappa shape index (κ2) is 19.7. The van der Waals surface area contributed by atoms with Gasteiger partial charge in [0.05, 0.1) is 30.7 Å². The number of nitrogens with two attached hydrogens (primary N) is 1. The first-order chi connectivity index (χ1) is 16.6. The molecule has 0 aromatic carbocycles. The van der Waals surface area contributed by atoms with Gasteiger partial charge in [0, 0.05) is 40.2 Å². The van der Waals surface area contributed by atoms with Crippen molar-refractivity contribution in [1.82, 2.24) is 9.80 Å². The number of rotatable bonds is 13. The Hall–Kier alpha value is -1.51. The Morgan fingerprint density at radius 1 is 1.09 bits per heavy atom. The quantitative estimate of drug-likeness (QED) is 0.386. The number of carbonyl (C=O) groups is 3. The van der Waals surface area contributed by atoms with E-state index in [-0.39, 0.29) is 54.2 Å². The van der Waals surface area contributed by atoms with E-state index < -0.39 is 6.10 Å². The van der Waals surface area contributed by atoms with E-state index in [2.05, 4.69) is 19.6 Å². The summed E-state index contributed by atoms with van der Waals surface area (Å²) in [5, 5.41) is 0. The lowest BCUT2D eigenvalue weighted by Gasteiger charge is -2.39. The molecule has 6 atom stereocenters. The minimum atomic E-state index is -0.394. The lowest BCUT2D eigenvalue weighted by Crippen LogP contribution is -2.52. The van der Waals surface area contributed by atoms with Crippen LogP contribution in [0.5, 0.6) is 0 Å². The number of methoxy groups -OCH3 is 2. The van der Waals surface area contributed by atoms with Crippen LogP contribution in [-0.4, -0.2) is 87.1 Å². The largest absolute Gasteiger partial charge is 0.379 e. The zero-order chi connectivity index (χ0) is 27.7. The van der Waals surface area contributed by atoms with E-state index in [4.69, 9.17) is 9.47 Å².